The molecule has 1 aromatic carbocycles. The van der Waals surface area contributed by atoms with Gasteiger partial charge >= 0.3 is 0 Å². The molecule has 1 aliphatic carbocycles. The number of carbonyl (C=O) groups is 1. The molecule has 25 heavy (non-hydrogen) atoms. The minimum atomic E-state index is -0.814. The molecule has 0 bridgehead atoms. The fourth-order valence-electron chi connectivity index (χ4n) is 3.57. The highest BCUT2D eigenvalue weighted by Gasteiger charge is 2.35. The average Bonchev–Trinajstić information content (AvgIpc) is 3.02. The molecule has 1 aliphatic rings. The number of rotatable bonds is 7. The third-order valence-corrected chi connectivity index (χ3v) is 4.82. The molecule has 3 N–H and O–H groups in total. The van der Waals surface area contributed by atoms with Crippen LogP contribution in [-0.2, 0) is 4.79 Å². The number of benzene rings is 1. The summed E-state index contributed by atoms with van der Waals surface area (Å²) in [6.45, 7) is 5.48. The highest BCUT2D eigenvalue weighted by molar-refractivity contribution is 5.85. The van der Waals surface area contributed by atoms with Gasteiger partial charge in [-0.3, -0.25) is 4.79 Å². The predicted octanol–water partition coefficient (Wildman–Crippen LogP) is 3.14. The van der Waals surface area contributed by atoms with Crippen molar-refractivity contribution in [2.45, 2.75) is 39.2 Å². The third kappa shape index (κ3) is 5.94. The molecule has 142 valence electrons. The van der Waals surface area contributed by atoms with Crippen LogP contribution in [0.4, 0.5) is 4.39 Å². The molecule has 0 aliphatic heterocycles. The van der Waals surface area contributed by atoms with E-state index in [2.05, 4.69) is 13.8 Å². The number of carbonyl (C=O) groups excluding carboxylic acids is 1. The number of halogens is 2. The first-order valence-corrected chi connectivity index (χ1v) is 8.84. The molecule has 1 aromatic rings. The lowest BCUT2D eigenvalue weighted by molar-refractivity contribution is -0.138. The van der Waals surface area contributed by atoms with Crippen molar-refractivity contribution in [3.63, 3.8) is 0 Å². The second kappa shape index (κ2) is 10.1. The molecule has 3 atom stereocenters. The van der Waals surface area contributed by atoms with Gasteiger partial charge in [0.25, 0.3) is 0 Å². The molecular formula is C19H30ClFN2O2. The normalized spacial score (nSPS) is 21.0. The molecule has 0 radical (unpaired) electrons. The summed E-state index contributed by atoms with van der Waals surface area (Å²) in [4.78, 5) is 14.7. The van der Waals surface area contributed by atoms with E-state index >= 15 is 0 Å². The van der Waals surface area contributed by atoms with Crippen molar-refractivity contribution < 1.29 is 14.3 Å². The molecule has 6 heteroatoms. The Morgan fingerprint density at radius 3 is 2.48 bits per heavy atom. The van der Waals surface area contributed by atoms with Crippen molar-refractivity contribution >= 4 is 18.3 Å². The van der Waals surface area contributed by atoms with Gasteiger partial charge in [-0.15, -0.1) is 12.4 Å². The van der Waals surface area contributed by atoms with Gasteiger partial charge in [-0.1, -0.05) is 32.4 Å². The van der Waals surface area contributed by atoms with Crippen LogP contribution in [0.5, 0.6) is 0 Å². The Hall–Kier alpha value is -1.17. The summed E-state index contributed by atoms with van der Waals surface area (Å²) in [7, 11) is 0. The summed E-state index contributed by atoms with van der Waals surface area (Å²) in [5.41, 5.74) is 6.44. The van der Waals surface area contributed by atoms with E-state index < -0.39 is 6.10 Å². The van der Waals surface area contributed by atoms with Crippen LogP contribution in [0.15, 0.2) is 24.3 Å². The standard InChI is InChI=1S/C19H29FN2O2.ClH/c1-13(2)11-22(19(24)17-5-3-4-15(17)10-21)12-18(23)14-6-8-16(20)9-7-14;/h6-9,13,15,17-18,23H,3-5,10-12,21H2,1-2H3;1H/t15-,17-,18?;/m1./s1. The predicted molar refractivity (Wildman–Crippen MR) is 99.9 cm³/mol. The van der Waals surface area contributed by atoms with Crippen LogP contribution < -0.4 is 5.73 Å². The van der Waals surface area contributed by atoms with Crippen molar-refractivity contribution in [3.05, 3.63) is 35.6 Å². The van der Waals surface area contributed by atoms with Gasteiger partial charge in [0.2, 0.25) is 5.91 Å². The van der Waals surface area contributed by atoms with E-state index in [9.17, 15) is 14.3 Å². The summed E-state index contributed by atoms with van der Waals surface area (Å²) in [5, 5.41) is 10.5. The molecule has 0 saturated heterocycles. The van der Waals surface area contributed by atoms with E-state index in [0.29, 0.717) is 24.6 Å². The van der Waals surface area contributed by atoms with Crippen molar-refractivity contribution in [2.75, 3.05) is 19.6 Å². The zero-order valence-electron chi connectivity index (χ0n) is 15.0. The Kier molecular flexibility index (Phi) is 8.83. The number of aliphatic hydroxyl groups excluding tert-OH is 1. The van der Waals surface area contributed by atoms with E-state index in [0.717, 1.165) is 19.3 Å². The SMILES string of the molecule is CC(C)CN(CC(O)c1ccc(F)cc1)C(=O)[C@@H]1CCC[C@@H]1CN.Cl. The van der Waals surface area contributed by atoms with Crippen LogP contribution in [-0.4, -0.2) is 35.5 Å². The van der Waals surface area contributed by atoms with Gasteiger partial charge in [-0.25, -0.2) is 4.39 Å². The highest BCUT2D eigenvalue weighted by Crippen LogP contribution is 2.33. The minimum absolute atomic E-state index is 0. The van der Waals surface area contributed by atoms with E-state index in [-0.39, 0.29) is 42.5 Å². The van der Waals surface area contributed by atoms with E-state index in [1.807, 2.05) is 0 Å². The summed E-state index contributed by atoms with van der Waals surface area (Å²) in [6, 6.07) is 5.79. The molecule has 0 aromatic heterocycles. The first-order chi connectivity index (χ1) is 11.4. The van der Waals surface area contributed by atoms with E-state index in [1.54, 1.807) is 17.0 Å². The summed E-state index contributed by atoms with van der Waals surface area (Å²) in [6.07, 6.45) is 2.10. The van der Waals surface area contributed by atoms with Gasteiger partial charge < -0.3 is 15.7 Å². The van der Waals surface area contributed by atoms with Crippen LogP contribution >= 0.6 is 12.4 Å². The number of aliphatic hydroxyl groups is 1. The van der Waals surface area contributed by atoms with Crippen molar-refractivity contribution in [1.29, 1.82) is 0 Å². The molecule has 4 nitrogen and oxygen atoms in total. The molecule has 1 fully saturated rings. The summed E-state index contributed by atoms with van der Waals surface area (Å²) in [5.74, 6) is 0.284. The number of nitrogens with zero attached hydrogens (tertiary/aromatic N) is 1. The Morgan fingerprint density at radius 1 is 1.28 bits per heavy atom. The quantitative estimate of drug-likeness (QED) is 0.772. The van der Waals surface area contributed by atoms with Gasteiger partial charge in [-0.2, -0.15) is 0 Å². The smallest absolute Gasteiger partial charge is 0.226 e. The fraction of sp³-hybridized carbons (Fsp3) is 0.632. The molecule has 2 rings (SSSR count). The zero-order valence-corrected chi connectivity index (χ0v) is 15.8. The van der Waals surface area contributed by atoms with Gasteiger partial charge in [0, 0.05) is 12.5 Å². The number of hydrogen-bond acceptors (Lipinski definition) is 3. The molecule has 0 heterocycles. The zero-order chi connectivity index (χ0) is 17.7. The summed E-state index contributed by atoms with van der Waals surface area (Å²) >= 11 is 0. The molecule has 1 saturated carbocycles. The lowest BCUT2D eigenvalue weighted by Gasteiger charge is -2.31. The molecule has 0 spiro atoms. The van der Waals surface area contributed by atoms with Crippen LogP contribution in [0.25, 0.3) is 0 Å². The maximum atomic E-state index is 13.0. The van der Waals surface area contributed by atoms with Crippen molar-refractivity contribution in [2.24, 2.45) is 23.5 Å². The molecule has 1 amide bonds. The third-order valence-electron chi connectivity index (χ3n) is 4.82. The Morgan fingerprint density at radius 2 is 1.92 bits per heavy atom. The van der Waals surface area contributed by atoms with Gasteiger partial charge in [0.05, 0.1) is 12.6 Å². The van der Waals surface area contributed by atoms with Crippen molar-refractivity contribution in [3.8, 4) is 0 Å². The Bertz CT molecular complexity index is 539. The largest absolute Gasteiger partial charge is 0.387 e. The monoisotopic (exact) mass is 372 g/mol. The topological polar surface area (TPSA) is 66.6 Å². The van der Waals surface area contributed by atoms with Gasteiger partial charge in [0.1, 0.15) is 5.82 Å². The highest BCUT2D eigenvalue weighted by atomic mass is 35.5. The lowest BCUT2D eigenvalue weighted by atomic mass is 9.94. The maximum Gasteiger partial charge on any atom is 0.226 e. The van der Waals surface area contributed by atoms with Gasteiger partial charge in [-0.05, 0) is 48.9 Å². The number of nitrogens with two attached hydrogens (primary N) is 1. The van der Waals surface area contributed by atoms with Gasteiger partial charge in [0.15, 0.2) is 0 Å². The molecule has 1 unspecified atom stereocenters. The Labute approximate surface area is 156 Å². The molecular weight excluding hydrogens is 343 g/mol. The average molecular weight is 373 g/mol. The van der Waals surface area contributed by atoms with E-state index in [4.69, 9.17) is 5.73 Å². The van der Waals surface area contributed by atoms with Crippen LogP contribution in [0.3, 0.4) is 0 Å². The van der Waals surface area contributed by atoms with Crippen LogP contribution in [0.2, 0.25) is 0 Å². The first kappa shape index (κ1) is 21.9. The second-order valence-electron chi connectivity index (χ2n) is 7.24. The number of hydrogen-bond donors (Lipinski definition) is 2. The Balaban J connectivity index is 0.00000312. The van der Waals surface area contributed by atoms with Crippen LogP contribution in [0, 0.1) is 23.6 Å². The number of amides is 1. The maximum absolute atomic E-state index is 13.0. The first-order valence-electron chi connectivity index (χ1n) is 8.84. The van der Waals surface area contributed by atoms with E-state index in [1.165, 1.54) is 12.1 Å². The van der Waals surface area contributed by atoms with Crippen molar-refractivity contribution in [1.82, 2.24) is 4.90 Å². The van der Waals surface area contributed by atoms with Crippen LogP contribution in [0.1, 0.15) is 44.8 Å². The fourth-order valence-corrected chi connectivity index (χ4v) is 3.57. The summed E-state index contributed by atoms with van der Waals surface area (Å²) < 4.78 is 13.0. The lowest BCUT2D eigenvalue weighted by Crippen LogP contribution is -2.43. The minimum Gasteiger partial charge on any atom is -0.387 e. The second-order valence-corrected chi connectivity index (χ2v) is 7.24.